The smallest absolute Gasteiger partial charge is 0.127 e. The van der Waals surface area contributed by atoms with Gasteiger partial charge in [-0.1, -0.05) is 30.3 Å². The van der Waals surface area contributed by atoms with Gasteiger partial charge in [0.2, 0.25) is 0 Å². The van der Waals surface area contributed by atoms with E-state index < -0.39 is 0 Å². The molecule has 2 heteroatoms. The van der Waals surface area contributed by atoms with Crippen LogP contribution in [0.3, 0.4) is 0 Å². The third-order valence-electron chi connectivity index (χ3n) is 6.17. The second-order valence-corrected chi connectivity index (χ2v) is 8.51. The van der Waals surface area contributed by atoms with Crippen LogP contribution in [0.4, 0.5) is 0 Å². The molecule has 0 fully saturated rings. The van der Waals surface area contributed by atoms with Crippen molar-refractivity contribution >= 4 is 5.57 Å². The topological polar surface area (TPSA) is 18.5 Å². The maximum atomic E-state index is 6.05. The maximum Gasteiger partial charge on any atom is 0.127 e. The molecule has 0 heterocycles. The van der Waals surface area contributed by atoms with Gasteiger partial charge in [0.15, 0.2) is 0 Å². The lowest BCUT2D eigenvalue weighted by atomic mass is 9.96. The number of rotatable bonds is 5. The Kier molecular flexibility index (Phi) is 6.32. The number of aryl methyl sites for hydroxylation is 4. The van der Waals surface area contributed by atoms with Crippen molar-refractivity contribution in [2.45, 2.75) is 41.0 Å². The maximum absolute atomic E-state index is 6.05. The number of benzene rings is 3. The number of hydrogen-bond acceptors (Lipinski definition) is 2. The van der Waals surface area contributed by atoms with Gasteiger partial charge >= 0.3 is 0 Å². The third kappa shape index (κ3) is 5.03. The zero-order valence-corrected chi connectivity index (χ0v) is 19.5. The molecule has 0 saturated heterocycles. The van der Waals surface area contributed by atoms with Crippen LogP contribution in [0.1, 0.15) is 41.2 Å². The normalized spacial score (nSPS) is 14.7. The summed E-state index contributed by atoms with van der Waals surface area (Å²) in [6.07, 6.45) is 7.20. The van der Waals surface area contributed by atoms with Crippen LogP contribution in [0.15, 0.2) is 90.2 Å². The molecule has 1 aliphatic carbocycles. The molecule has 162 valence electrons. The summed E-state index contributed by atoms with van der Waals surface area (Å²) >= 11 is 0. The van der Waals surface area contributed by atoms with E-state index >= 15 is 0 Å². The van der Waals surface area contributed by atoms with Crippen molar-refractivity contribution < 1.29 is 9.47 Å². The minimum absolute atomic E-state index is 0.845. The second kappa shape index (κ2) is 9.32. The van der Waals surface area contributed by atoms with E-state index in [1.165, 1.54) is 39.0 Å². The highest BCUT2D eigenvalue weighted by Crippen LogP contribution is 2.30. The van der Waals surface area contributed by atoms with Crippen LogP contribution in [0.2, 0.25) is 0 Å². The molecule has 0 aromatic heterocycles. The summed E-state index contributed by atoms with van der Waals surface area (Å²) in [7, 11) is 0. The van der Waals surface area contributed by atoms with Crippen molar-refractivity contribution in [3.05, 3.63) is 118 Å². The second-order valence-electron chi connectivity index (χ2n) is 8.51. The van der Waals surface area contributed by atoms with Gasteiger partial charge in [-0.05, 0) is 129 Å². The molecule has 32 heavy (non-hydrogen) atoms. The number of allylic oxidation sites excluding steroid dienone is 5. The molecule has 0 radical (unpaired) electrons. The SMILES string of the molecule is C/C(=C1\C=CC(Oc2ccc(C)c(C)c2)=CC1)c1ccc(Oc2ccc(C)c(C)c2)cc1. The Hall–Kier alpha value is -3.52. The molecule has 0 unspecified atom stereocenters. The summed E-state index contributed by atoms with van der Waals surface area (Å²) in [5, 5.41) is 0. The molecule has 1 aliphatic rings. The van der Waals surface area contributed by atoms with E-state index in [4.69, 9.17) is 9.47 Å². The van der Waals surface area contributed by atoms with E-state index in [2.05, 4.69) is 89.2 Å². The van der Waals surface area contributed by atoms with Gasteiger partial charge in [0.1, 0.15) is 23.0 Å². The third-order valence-corrected chi connectivity index (χ3v) is 6.17. The Morgan fingerprint density at radius 1 is 0.625 bits per heavy atom. The van der Waals surface area contributed by atoms with E-state index in [0.29, 0.717) is 0 Å². The molecular weight excluding hydrogens is 392 g/mol. The molecule has 0 amide bonds. The first kappa shape index (κ1) is 21.7. The van der Waals surface area contributed by atoms with Crippen LogP contribution in [0.5, 0.6) is 17.2 Å². The minimum Gasteiger partial charge on any atom is -0.458 e. The highest BCUT2D eigenvalue weighted by atomic mass is 16.5. The monoisotopic (exact) mass is 422 g/mol. The average Bonchev–Trinajstić information content (AvgIpc) is 2.79. The predicted octanol–water partition coefficient (Wildman–Crippen LogP) is 8.41. The first-order valence-electron chi connectivity index (χ1n) is 11.1. The lowest BCUT2D eigenvalue weighted by molar-refractivity contribution is 0.440. The number of ether oxygens (including phenoxy) is 2. The highest BCUT2D eigenvalue weighted by molar-refractivity contribution is 5.70. The van der Waals surface area contributed by atoms with Gasteiger partial charge in [0.05, 0.1) is 0 Å². The fraction of sp³-hybridized carbons (Fsp3) is 0.200. The molecule has 0 N–H and O–H groups in total. The Balaban J connectivity index is 1.42. The highest BCUT2D eigenvalue weighted by Gasteiger charge is 2.09. The van der Waals surface area contributed by atoms with Gasteiger partial charge in [0, 0.05) is 0 Å². The Morgan fingerprint density at radius 3 is 1.72 bits per heavy atom. The van der Waals surface area contributed by atoms with Crippen LogP contribution >= 0.6 is 0 Å². The molecule has 0 saturated carbocycles. The summed E-state index contributed by atoms with van der Waals surface area (Å²) in [6.45, 7) is 10.6. The van der Waals surface area contributed by atoms with E-state index in [-0.39, 0.29) is 0 Å². The zero-order valence-electron chi connectivity index (χ0n) is 19.5. The van der Waals surface area contributed by atoms with Crippen molar-refractivity contribution in [1.82, 2.24) is 0 Å². The Labute approximate surface area is 191 Å². The molecule has 0 atom stereocenters. The van der Waals surface area contributed by atoms with E-state index in [9.17, 15) is 0 Å². The van der Waals surface area contributed by atoms with Crippen molar-refractivity contribution in [2.75, 3.05) is 0 Å². The Bertz CT molecular complexity index is 1220. The van der Waals surface area contributed by atoms with Gasteiger partial charge in [0.25, 0.3) is 0 Å². The lowest BCUT2D eigenvalue weighted by Crippen LogP contribution is -1.98. The van der Waals surface area contributed by atoms with Crippen LogP contribution in [-0.2, 0) is 0 Å². The van der Waals surface area contributed by atoms with Gasteiger partial charge < -0.3 is 9.47 Å². The first-order valence-corrected chi connectivity index (χ1v) is 11.1. The summed E-state index contributed by atoms with van der Waals surface area (Å²) in [6, 6.07) is 20.7. The van der Waals surface area contributed by atoms with Gasteiger partial charge in [-0.2, -0.15) is 0 Å². The summed E-state index contributed by atoms with van der Waals surface area (Å²) < 4.78 is 12.1. The van der Waals surface area contributed by atoms with Crippen molar-refractivity contribution in [1.29, 1.82) is 0 Å². The quantitative estimate of drug-likeness (QED) is 0.411. The summed E-state index contributed by atoms with van der Waals surface area (Å²) in [5.74, 6) is 3.49. The first-order chi connectivity index (χ1) is 15.4. The molecular formula is C30H30O2. The Morgan fingerprint density at radius 2 is 1.19 bits per heavy atom. The molecule has 0 spiro atoms. The van der Waals surface area contributed by atoms with Crippen LogP contribution in [-0.4, -0.2) is 0 Å². The van der Waals surface area contributed by atoms with Gasteiger partial charge in [-0.3, -0.25) is 0 Å². The average molecular weight is 423 g/mol. The van der Waals surface area contributed by atoms with E-state index in [0.717, 1.165) is 29.4 Å². The fourth-order valence-electron chi connectivity index (χ4n) is 3.67. The molecule has 4 rings (SSSR count). The fourth-order valence-corrected chi connectivity index (χ4v) is 3.67. The van der Waals surface area contributed by atoms with Crippen molar-refractivity contribution in [3.63, 3.8) is 0 Å². The largest absolute Gasteiger partial charge is 0.458 e. The van der Waals surface area contributed by atoms with Crippen molar-refractivity contribution in [3.8, 4) is 17.2 Å². The summed E-state index contributed by atoms with van der Waals surface area (Å²) in [5.41, 5.74) is 8.77. The standard InChI is InChI=1S/C30H30O2/c1-20-6-12-29(18-22(20)3)31-27-14-8-25(9-15-27)24(5)26-10-16-28(17-11-26)32-30-13-7-21(2)23(4)19-30/h6-10,12-19H,11H2,1-5H3/b26-24-. The molecule has 0 aliphatic heterocycles. The van der Waals surface area contributed by atoms with Gasteiger partial charge in [-0.15, -0.1) is 0 Å². The van der Waals surface area contributed by atoms with Crippen LogP contribution in [0, 0.1) is 27.7 Å². The molecule has 3 aromatic carbocycles. The summed E-state index contributed by atoms with van der Waals surface area (Å²) in [4.78, 5) is 0. The van der Waals surface area contributed by atoms with Gasteiger partial charge in [-0.25, -0.2) is 0 Å². The zero-order chi connectivity index (χ0) is 22.7. The molecule has 2 nitrogen and oxygen atoms in total. The molecule has 0 bridgehead atoms. The lowest BCUT2D eigenvalue weighted by Gasteiger charge is -2.15. The predicted molar refractivity (Wildman–Crippen MR) is 133 cm³/mol. The van der Waals surface area contributed by atoms with Crippen LogP contribution in [0.25, 0.3) is 5.57 Å². The van der Waals surface area contributed by atoms with E-state index in [1.54, 1.807) is 0 Å². The molecule has 3 aromatic rings. The minimum atomic E-state index is 0.845. The number of hydrogen-bond donors (Lipinski definition) is 0. The van der Waals surface area contributed by atoms with E-state index in [1.807, 2.05) is 24.3 Å². The van der Waals surface area contributed by atoms with Crippen LogP contribution < -0.4 is 9.47 Å². The van der Waals surface area contributed by atoms with Crippen molar-refractivity contribution in [2.24, 2.45) is 0 Å².